The number of allylic oxidation sites excluding steroid dienone is 19. The van der Waals surface area contributed by atoms with Gasteiger partial charge in [-0.15, -0.1) is 0 Å². The van der Waals surface area contributed by atoms with E-state index < -0.39 is 32.5 Å². The summed E-state index contributed by atoms with van der Waals surface area (Å²) in [4.78, 5) is 39.8. The molecule has 0 fully saturated rings. The first-order valence-corrected chi connectivity index (χ1v) is 29.3. The Kier molecular flexibility index (Phi) is 47.4. The maximum absolute atomic E-state index is 13.5. The van der Waals surface area contributed by atoms with Crippen LogP contribution in [0.25, 0.3) is 0 Å². The molecule has 0 rings (SSSR count). The molecule has 0 aromatic carbocycles. The number of carbonyl (C=O) groups is 2. The first-order valence-electron chi connectivity index (χ1n) is 27.8. The van der Waals surface area contributed by atoms with Crippen LogP contribution >= 0.6 is 7.82 Å². The van der Waals surface area contributed by atoms with E-state index in [9.17, 15) is 19.0 Å². The molecular formula is C61H103N2O7P. The van der Waals surface area contributed by atoms with Gasteiger partial charge in [0.25, 0.3) is 7.82 Å². The predicted octanol–water partition coefficient (Wildman–Crippen LogP) is 16.1. The summed E-state index contributed by atoms with van der Waals surface area (Å²) in [5, 5.41) is 2.98. The Bertz CT molecular complexity index is 1630. The van der Waals surface area contributed by atoms with Gasteiger partial charge in [-0.2, -0.15) is 0 Å². The van der Waals surface area contributed by atoms with Gasteiger partial charge >= 0.3 is 5.97 Å². The molecule has 0 spiro atoms. The minimum Gasteiger partial charge on any atom is -0.756 e. The van der Waals surface area contributed by atoms with Gasteiger partial charge in [-0.3, -0.25) is 14.2 Å². The smallest absolute Gasteiger partial charge is 0.306 e. The van der Waals surface area contributed by atoms with Crippen LogP contribution in [0.3, 0.4) is 0 Å². The van der Waals surface area contributed by atoms with E-state index in [1.807, 2.05) is 27.2 Å². The Morgan fingerprint density at radius 1 is 0.507 bits per heavy atom. The van der Waals surface area contributed by atoms with Crippen LogP contribution in [0.1, 0.15) is 201 Å². The highest BCUT2D eigenvalue weighted by molar-refractivity contribution is 7.45. The van der Waals surface area contributed by atoms with Gasteiger partial charge < -0.3 is 28.5 Å². The van der Waals surface area contributed by atoms with Crippen molar-refractivity contribution in [2.75, 3.05) is 40.9 Å². The minimum atomic E-state index is -4.72. The second-order valence-electron chi connectivity index (χ2n) is 19.3. The van der Waals surface area contributed by atoms with Crippen LogP contribution < -0.4 is 10.2 Å². The molecule has 0 aliphatic rings. The van der Waals surface area contributed by atoms with E-state index in [2.05, 4.69) is 135 Å². The first kappa shape index (κ1) is 67.4. The lowest BCUT2D eigenvalue weighted by molar-refractivity contribution is -0.870. The van der Waals surface area contributed by atoms with Crippen molar-refractivity contribution < 1.29 is 37.3 Å². The molecular weight excluding hydrogens is 904 g/mol. The quantitative estimate of drug-likeness (QED) is 0.0212. The van der Waals surface area contributed by atoms with Crippen LogP contribution in [0, 0.1) is 0 Å². The monoisotopic (exact) mass is 1010 g/mol. The zero-order chi connectivity index (χ0) is 52.2. The maximum Gasteiger partial charge on any atom is 0.306 e. The fourth-order valence-corrected chi connectivity index (χ4v) is 7.86. The van der Waals surface area contributed by atoms with Crippen molar-refractivity contribution in [1.29, 1.82) is 0 Å². The molecule has 0 saturated heterocycles. The molecule has 71 heavy (non-hydrogen) atoms. The molecule has 1 amide bonds. The summed E-state index contributed by atoms with van der Waals surface area (Å²) in [6.45, 7) is 6.51. The minimum absolute atomic E-state index is 0.0444. The lowest BCUT2D eigenvalue weighted by Crippen LogP contribution is -2.47. The molecule has 0 aromatic rings. The number of hydrogen-bond acceptors (Lipinski definition) is 7. The molecule has 0 saturated carbocycles. The molecule has 0 aliphatic heterocycles. The molecule has 3 atom stereocenters. The summed E-state index contributed by atoms with van der Waals surface area (Å²) < 4.78 is 30.1. The number of nitrogens with one attached hydrogen (secondary N) is 1. The Morgan fingerprint density at radius 2 is 0.915 bits per heavy atom. The first-order chi connectivity index (χ1) is 34.4. The summed E-state index contributed by atoms with van der Waals surface area (Å²) in [6.07, 6.45) is 68.9. The average molecular weight is 1010 g/mol. The molecule has 0 radical (unpaired) electrons. The summed E-state index contributed by atoms with van der Waals surface area (Å²) in [7, 11) is 1.11. The van der Waals surface area contributed by atoms with Crippen molar-refractivity contribution in [3.05, 3.63) is 122 Å². The Balaban J connectivity index is 5.54. The molecule has 9 nitrogen and oxygen atoms in total. The third kappa shape index (κ3) is 51.1. The van der Waals surface area contributed by atoms with E-state index in [0.29, 0.717) is 23.9 Å². The van der Waals surface area contributed by atoms with Gasteiger partial charge in [0.15, 0.2) is 0 Å². The molecule has 0 aromatic heterocycles. The number of unbranched alkanes of at least 4 members (excludes halogenated alkanes) is 14. The standard InChI is InChI=1S/C61H103N2O7P/c1-7-10-13-16-19-22-25-28-30-32-34-36-39-42-45-48-51-54-61(65)70-59(52-49-46-43-40-37-27-24-21-18-15-12-9-3)58(57-69-71(66,67)68-56-55-63(4,5)6)62-60(64)53-50-47-44-41-38-35-33-31-29-26-23-20-17-14-11-8-2/h10-11,13-14,19-20,22-23,28-31,34-36,38,42,45,49,52,58-59H,7-9,12,15-18,21,24-27,32-33,37,39-41,43-44,46-48,50-51,53-57H2,1-6H3,(H-,62,64,66,67)/b13-10-,14-11+,22-19-,23-20+,30-28-,31-29+,36-34-,38-35+,45-42-,52-49+. The molecule has 1 N–H and O–H groups in total. The van der Waals surface area contributed by atoms with Crippen molar-refractivity contribution in [2.45, 2.75) is 213 Å². The lowest BCUT2D eigenvalue weighted by Gasteiger charge is -2.30. The van der Waals surface area contributed by atoms with Gasteiger partial charge in [0.1, 0.15) is 19.3 Å². The zero-order valence-electron chi connectivity index (χ0n) is 45.9. The fraction of sp³-hybridized carbons (Fsp3) is 0.639. The van der Waals surface area contributed by atoms with Gasteiger partial charge in [-0.1, -0.05) is 200 Å². The number of phosphoric ester groups is 1. The number of hydrogen-bond donors (Lipinski definition) is 1. The highest BCUT2D eigenvalue weighted by Gasteiger charge is 2.27. The summed E-state index contributed by atoms with van der Waals surface area (Å²) >= 11 is 0. The number of esters is 1. The molecule has 3 unspecified atom stereocenters. The van der Waals surface area contributed by atoms with Crippen molar-refractivity contribution in [1.82, 2.24) is 5.32 Å². The van der Waals surface area contributed by atoms with Crippen LogP contribution in [-0.2, 0) is 27.9 Å². The van der Waals surface area contributed by atoms with E-state index >= 15 is 0 Å². The van der Waals surface area contributed by atoms with Crippen molar-refractivity contribution >= 4 is 19.7 Å². The number of rotatable bonds is 48. The highest BCUT2D eigenvalue weighted by atomic mass is 31.2. The summed E-state index contributed by atoms with van der Waals surface area (Å²) in [6, 6.07) is -0.935. The van der Waals surface area contributed by atoms with E-state index in [4.69, 9.17) is 13.8 Å². The van der Waals surface area contributed by atoms with Gasteiger partial charge in [0.05, 0.1) is 33.8 Å². The van der Waals surface area contributed by atoms with Gasteiger partial charge in [0, 0.05) is 12.8 Å². The van der Waals surface area contributed by atoms with Crippen molar-refractivity contribution in [2.24, 2.45) is 0 Å². The fourth-order valence-electron chi connectivity index (χ4n) is 7.13. The topological polar surface area (TPSA) is 114 Å². The van der Waals surface area contributed by atoms with E-state index in [1.54, 1.807) is 6.08 Å². The summed E-state index contributed by atoms with van der Waals surface area (Å²) in [5.74, 6) is -0.658. The van der Waals surface area contributed by atoms with Crippen LogP contribution in [0.5, 0.6) is 0 Å². The number of carbonyl (C=O) groups excluding carboxylic acids is 2. The SMILES string of the molecule is CC/C=C\C/C=C\C/C=C\C/C=C\C/C=C\CCCC(=O)OC(/C=C/CCCCCCCCCCCC)C(COP(=O)([O-])OCC[N+](C)(C)C)NC(=O)CCCCC/C=C/C/C=C/C/C=C/C/C=C/CC. The largest absolute Gasteiger partial charge is 0.756 e. The number of amides is 1. The normalized spacial score (nSPS) is 14.7. The average Bonchev–Trinajstić information content (AvgIpc) is 3.33. The Labute approximate surface area is 435 Å². The number of ether oxygens (including phenoxy) is 1. The molecule has 0 aliphatic carbocycles. The van der Waals surface area contributed by atoms with Crippen LogP contribution in [-0.4, -0.2) is 69.4 Å². The number of phosphoric acid groups is 1. The lowest BCUT2D eigenvalue weighted by atomic mass is 10.1. The van der Waals surface area contributed by atoms with Gasteiger partial charge in [-0.25, -0.2) is 0 Å². The Morgan fingerprint density at radius 3 is 1.38 bits per heavy atom. The molecule has 10 heteroatoms. The maximum atomic E-state index is 13.5. The number of nitrogens with zero attached hydrogens (tertiary/aromatic N) is 1. The molecule has 404 valence electrons. The van der Waals surface area contributed by atoms with Crippen LogP contribution in [0.2, 0.25) is 0 Å². The highest BCUT2D eigenvalue weighted by Crippen LogP contribution is 2.38. The van der Waals surface area contributed by atoms with E-state index in [-0.39, 0.29) is 25.4 Å². The molecule has 0 heterocycles. The second-order valence-corrected chi connectivity index (χ2v) is 20.7. The van der Waals surface area contributed by atoms with Gasteiger partial charge in [0.2, 0.25) is 5.91 Å². The third-order valence-corrected chi connectivity index (χ3v) is 12.4. The van der Waals surface area contributed by atoms with Crippen molar-refractivity contribution in [3.8, 4) is 0 Å². The van der Waals surface area contributed by atoms with Crippen LogP contribution in [0.4, 0.5) is 0 Å². The number of likely N-dealkylation sites (N-methyl/N-ethyl adjacent to an activating group) is 1. The molecule has 0 bridgehead atoms. The third-order valence-electron chi connectivity index (χ3n) is 11.4. The van der Waals surface area contributed by atoms with Crippen LogP contribution in [0.15, 0.2) is 122 Å². The van der Waals surface area contributed by atoms with Gasteiger partial charge in [-0.05, 0) is 109 Å². The van der Waals surface area contributed by atoms with E-state index in [1.165, 1.54) is 51.4 Å². The second kappa shape index (κ2) is 50.0. The van der Waals surface area contributed by atoms with Crippen molar-refractivity contribution in [3.63, 3.8) is 0 Å². The van der Waals surface area contributed by atoms with E-state index in [0.717, 1.165) is 103 Å². The zero-order valence-corrected chi connectivity index (χ0v) is 46.8. The summed E-state index contributed by atoms with van der Waals surface area (Å²) in [5.41, 5.74) is 0. The Hall–Kier alpha value is -3.59. The number of quaternary nitrogens is 1. The predicted molar refractivity (Wildman–Crippen MR) is 302 cm³/mol.